The summed E-state index contributed by atoms with van der Waals surface area (Å²) >= 11 is 0. The van der Waals surface area contributed by atoms with Crippen molar-refractivity contribution in [3.63, 3.8) is 0 Å². The summed E-state index contributed by atoms with van der Waals surface area (Å²) in [5, 5.41) is 0. The highest BCUT2D eigenvalue weighted by Crippen LogP contribution is 2.25. The normalized spacial score (nSPS) is 20.7. The molecule has 0 saturated heterocycles. The van der Waals surface area contributed by atoms with Crippen LogP contribution in [0.5, 0.6) is 0 Å². The highest BCUT2D eigenvalue weighted by Gasteiger charge is 2.11. The molecular weight excluding hydrogens is 246 g/mol. The summed E-state index contributed by atoms with van der Waals surface area (Å²) in [7, 11) is 0. The van der Waals surface area contributed by atoms with Crippen LogP contribution in [-0.2, 0) is 0 Å². The first-order valence-corrected chi connectivity index (χ1v) is 6.50. The Bertz CT molecular complexity index is 659. The number of hydrogen-bond donors (Lipinski definition) is 2. The van der Waals surface area contributed by atoms with Crippen molar-refractivity contribution < 1.29 is 0 Å². The van der Waals surface area contributed by atoms with Gasteiger partial charge in [-0.15, -0.1) is 0 Å². The predicted molar refractivity (Wildman–Crippen MR) is 83.6 cm³/mol. The SMILES string of the molecule is C1=CN=CC(=C2C=CC=CNN2)C(c2ccccc2)=C1. The van der Waals surface area contributed by atoms with Crippen molar-refractivity contribution in [1.29, 1.82) is 0 Å². The van der Waals surface area contributed by atoms with Crippen LogP contribution in [0.4, 0.5) is 0 Å². The van der Waals surface area contributed by atoms with E-state index in [1.165, 1.54) is 5.56 Å². The molecule has 0 saturated carbocycles. The summed E-state index contributed by atoms with van der Waals surface area (Å²) in [5.41, 5.74) is 10.5. The van der Waals surface area contributed by atoms with Crippen LogP contribution in [0.1, 0.15) is 5.56 Å². The van der Waals surface area contributed by atoms with Gasteiger partial charge in [-0.3, -0.25) is 4.99 Å². The molecule has 1 aromatic rings. The number of allylic oxidation sites excluding steroid dienone is 7. The summed E-state index contributed by atoms with van der Waals surface area (Å²) in [6, 6.07) is 10.3. The fourth-order valence-electron chi connectivity index (χ4n) is 2.12. The maximum Gasteiger partial charge on any atom is 0.0633 e. The molecule has 2 aliphatic heterocycles. The molecular formula is C17H15N3. The summed E-state index contributed by atoms with van der Waals surface area (Å²) < 4.78 is 0. The molecule has 2 heterocycles. The Labute approximate surface area is 118 Å². The lowest BCUT2D eigenvalue weighted by atomic mass is 9.96. The molecule has 0 fully saturated rings. The molecule has 3 nitrogen and oxygen atoms in total. The molecule has 0 aliphatic carbocycles. The minimum atomic E-state index is 0.984. The number of nitrogens with one attached hydrogen (secondary N) is 2. The van der Waals surface area contributed by atoms with Crippen LogP contribution in [0.15, 0.2) is 89.4 Å². The van der Waals surface area contributed by atoms with Gasteiger partial charge in [0.1, 0.15) is 0 Å². The van der Waals surface area contributed by atoms with Gasteiger partial charge in [-0.25, -0.2) is 0 Å². The van der Waals surface area contributed by atoms with E-state index in [0.29, 0.717) is 0 Å². The zero-order valence-corrected chi connectivity index (χ0v) is 11.0. The lowest BCUT2D eigenvalue weighted by Gasteiger charge is -2.13. The van der Waals surface area contributed by atoms with Gasteiger partial charge in [-0.05, 0) is 29.4 Å². The fourth-order valence-corrected chi connectivity index (χ4v) is 2.12. The third kappa shape index (κ3) is 2.62. The van der Waals surface area contributed by atoms with Gasteiger partial charge in [0.15, 0.2) is 0 Å². The highest BCUT2D eigenvalue weighted by atomic mass is 15.3. The molecule has 3 rings (SSSR count). The number of hydrogen-bond acceptors (Lipinski definition) is 3. The Balaban J connectivity index is 2.10. The van der Waals surface area contributed by atoms with Crippen molar-refractivity contribution in [3.05, 3.63) is 89.9 Å². The zero-order valence-electron chi connectivity index (χ0n) is 11.0. The third-order valence-corrected chi connectivity index (χ3v) is 3.06. The second kappa shape index (κ2) is 5.89. The fraction of sp³-hybridized carbons (Fsp3) is 0. The van der Waals surface area contributed by atoms with E-state index < -0.39 is 0 Å². The molecule has 3 heteroatoms. The van der Waals surface area contributed by atoms with Crippen LogP contribution in [0.3, 0.4) is 0 Å². The Morgan fingerprint density at radius 3 is 2.75 bits per heavy atom. The minimum Gasteiger partial charge on any atom is -0.308 e. The maximum absolute atomic E-state index is 4.30. The minimum absolute atomic E-state index is 0.984. The quantitative estimate of drug-likeness (QED) is 0.815. The largest absolute Gasteiger partial charge is 0.308 e. The predicted octanol–water partition coefficient (Wildman–Crippen LogP) is 3.10. The topological polar surface area (TPSA) is 36.4 Å². The van der Waals surface area contributed by atoms with Crippen LogP contribution in [-0.4, -0.2) is 6.21 Å². The van der Waals surface area contributed by atoms with E-state index in [1.54, 1.807) is 6.20 Å². The van der Waals surface area contributed by atoms with Gasteiger partial charge >= 0.3 is 0 Å². The Morgan fingerprint density at radius 1 is 0.950 bits per heavy atom. The zero-order chi connectivity index (χ0) is 13.6. The van der Waals surface area contributed by atoms with E-state index in [-0.39, 0.29) is 0 Å². The van der Waals surface area contributed by atoms with Gasteiger partial charge < -0.3 is 10.9 Å². The average Bonchev–Trinajstić information content (AvgIpc) is 2.90. The van der Waals surface area contributed by atoms with E-state index >= 15 is 0 Å². The first-order chi connectivity index (χ1) is 9.95. The molecule has 0 unspecified atom stereocenters. The molecule has 0 radical (unpaired) electrons. The van der Waals surface area contributed by atoms with Crippen LogP contribution in [0.25, 0.3) is 5.57 Å². The summed E-state index contributed by atoms with van der Waals surface area (Å²) in [6.45, 7) is 0. The van der Waals surface area contributed by atoms with Gasteiger partial charge in [0, 0.05) is 24.2 Å². The Hall–Kier alpha value is -2.81. The second-order valence-electron chi connectivity index (χ2n) is 4.38. The molecule has 20 heavy (non-hydrogen) atoms. The molecule has 1 aromatic carbocycles. The van der Waals surface area contributed by atoms with E-state index in [2.05, 4.69) is 34.1 Å². The lowest BCUT2D eigenvalue weighted by Crippen LogP contribution is -2.25. The van der Waals surface area contributed by atoms with Crippen molar-refractivity contribution in [2.45, 2.75) is 0 Å². The second-order valence-corrected chi connectivity index (χ2v) is 4.38. The Morgan fingerprint density at radius 2 is 1.85 bits per heavy atom. The first-order valence-electron chi connectivity index (χ1n) is 6.50. The van der Waals surface area contributed by atoms with Crippen LogP contribution in [0, 0.1) is 0 Å². The number of hydrazine groups is 1. The average molecular weight is 261 g/mol. The third-order valence-electron chi connectivity index (χ3n) is 3.06. The molecule has 0 amide bonds. The van der Waals surface area contributed by atoms with E-state index in [1.807, 2.05) is 54.9 Å². The molecule has 2 N–H and O–H groups in total. The number of aliphatic imine (C=N–C) groups is 1. The van der Waals surface area contributed by atoms with E-state index in [9.17, 15) is 0 Å². The van der Waals surface area contributed by atoms with Gasteiger partial charge in [0.05, 0.1) is 5.70 Å². The lowest BCUT2D eigenvalue weighted by molar-refractivity contribution is 0.749. The standard InChI is InChI=1S/C17H15N3/c1-2-7-14(8-3-1)15-9-6-11-18-13-16(15)17-10-4-5-12-19-20-17/h1-13,19-20H. The van der Waals surface area contributed by atoms with Crippen molar-refractivity contribution in [2.24, 2.45) is 4.99 Å². The summed E-state index contributed by atoms with van der Waals surface area (Å²) in [4.78, 5) is 4.30. The first kappa shape index (κ1) is 12.2. The molecule has 98 valence electrons. The summed E-state index contributed by atoms with van der Waals surface area (Å²) in [5.74, 6) is 0. The molecule has 0 spiro atoms. The Kier molecular flexibility index (Phi) is 3.60. The van der Waals surface area contributed by atoms with Crippen LogP contribution >= 0.6 is 0 Å². The molecule has 0 aromatic heterocycles. The van der Waals surface area contributed by atoms with Crippen molar-refractivity contribution >= 4 is 11.8 Å². The van der Waals surface area contributed by atoms with Crippen molar-refractivity contribution in [1.82, 2.24) is 10.9 Å². The monoisotopic (exact) mass is 261 g/mol. The molecule has 0 atom stereocenters. The van der Waals surface area contributed by atoms with Gasteiger partial charge in [0.25, 0.3) is 0 Å². The van der Waals surface area contributed by atoms with Crippen LogP contribution < -0.4 is 10.9 Å². The maximum atomic E-state index is 4.30. The highest BCUT2D eigenvalue weighted by molar-refractivity contribution is 6.03. The van der Waals surface area contributed by atoms with Crippen molar-refractivity contribution in [3.8, 4) is 0 Å². The van der Waals surface area contributed by atoms with Gasteiger partial charge in [-0.1, -0.05) is 42.5 Å². The van der Waals surface area contributed by atoms with Crippen LogP contribution in [0.2, 0.25) is 0 Å². The smallest absolute Gasteiger partial charge is 0.0633 e. The number of nitrogens with zero attached hydrogens (tertiary/aromatic N) is 1. The van der Waals surface area contributed by atoms with E-state index in [4.69, 9.17) is 0 Å². The summed E-state index contributed by atoms with van der Waals surface area (Å²) in [6.07, 6.45) is 15.5. The van der Waals surface area contributed by atoms with Crippen molar-refractivity contribution in [2.75, 3.05) is 0 Å². The van der Waals surface area contributed by atoms with Gasteiger partial charge in [-0.2, -0.15) is 0 Å². The van der Waals surface area contributed by atoms with Gasteiger partial charge in [0.2, 0.25) is 0 Å². The molecule has 0 bridgehead atoms. The number of rotatable bonds is 1. The number of benzene rings is 1. The van der Waals surface area contributed by atoms with E-state index in [0.717, 1.165) is 16.8 Å². The molecule has 2 aliphatic rings.